The first-order chi connectivity index (χ1) is 8.52. The van der Waals surface area contributed by atoms with E-state index in [1.807, 2.05) is 6.92 Å². The number of hydrogen-bond donors (Lipinski definition) is 1. The lowest BCUT2D eigenvalue weighted by atomic mass is 10.1. The maximum atomic E-state index is 11.2. The molecule has 1 aromatic carbocycles. The predicted molar refractivity (Wildman–Crippen MR) is 73.9 cm³/mol. The number of aryl methyl sites for hydroxylation is 1. The Kier molecular flexibility index (Phi) is 3.90. The Morgan fingerprint density at radius 3 is 2.72 bits per heavy atom. The van der Waals surface area contributed by atoms with Crippen LogP contribution in [0.2, 0.25) is 10.0 Å². The van der Waals surface area contributed by atoms with Gasteiger partial charge in [-0.15, -0.1) is 11.3 Å². The molecule has 18 heavy (non-hydrogen) atoms. The number of nitrogens with zero attached hydrogens (tertiary/aromatic N) is 1. The second kappa shape index (κ2) is 5.26. The van der Waals surface area contributed by atoms with Crippen molar-refractivity contribution in [3.63, 3.8) is 0 Å². The first kappa shape index (κ1) is 13.3. The van der Waals surface area contributed by atoms with Gasteiger partial charge in [0.15, 0.2) is 5.69 Å². The van der Waals surface area contributed by atoms with Gasteiger partial charge in [0.25, 0.3) is 0 Å². The summed E-state index contributed by atoms with van der Waals surface area (Å²) in [7, 11) is 0. The van der Waals surface area contributed by atoms with E-state index >= 15 is 0 Å². The van der Waals surface area contributed by atoms with Crippen LogP contribution in [-0.4, -0.2) is 16.1 Å². The fraction of sp³-hybridized carbons (Fsp3) is 0.167. The number of hydrogen-bond acceptors (Lipinski definition) is 3. The van der Waals surface area contributed by atoms with Crippen LogP contribution in [0.4, 0.5) is 0 Å². The highest BCUT2D eigenvalue weighted by Gasteiger charge is 2.20. The summed E-state index contributed by atoms with van der Waals surface area (Å²) in [6.45, 7) is 1.93. The molecule has 0 aliphatic carbocycles. The quantitative estimate of drug-likeness (QED) is 0.915. The Labute approximate surface area is 118 Å². The van der Waals surface area contributed by atoms with Gasteiger partial charge in [0.2, 0.25) is 0 Å². The van der Waals surface area contributed by atoms with Crippen molar-refractivity contribution >= 4 is 40.5 Å². The van der Waals surface area contributed by atoms with Gasteiger partial charge in [-0.05, 0) is 18.6 Å². The molecule has 2 rings (SSSR count). The third kappa shape index (κ3) is 2.51. The highest BCUT2D eigenvalue weighted by atomic mass is 35.5. The molecule has 94 valence electrons. The maximum Gasteiger partial charge on any atom is 0.356 e. The van der Waals surface area contributed by atoms with Gasteiger partial charge in [0.1, 0.15) is 0 Å². The van der Waals surface area contributed by atoms with Crippen LogP contribution >= 0.6 is 34.5 Å². The van der Waals surface area contributed by atoms with Gasteiger partial charge in [0, 0.05) is 10.6 Å². The largest absolute Gasteiger partial charge is 0.476 e. The average Bonchev–Trinajstić information content (AvgIpc) is 2.73. The Hall–Kier alpha value is -1.10. The van der Waals surface area contributed by atoms with Crippen molar-refractivity contribution in [1.82, 2.24) is 4.98 Å². The molecule has 1 aromatic heterocycles. The van der Waals surface area contributed by atoms with Crippen molar-refractivity contribution in [3.8, 4) is 10.4 Å². The van der Waals surface area contributed by atoms with Crippen LogP contribution in [0.1, 0.15) is 22.4 Å². The summed E-state index contributed by atoms with van der Waals surface area (Å²) >= 11 is 13.3. The van der Waals surface area contributed by atoms with E-state index in [1.54, 1.807) is 18.2 Å². The monoisotopic (exact) mass is 301 g/mol. The number of halogens is 2. The maximum absolute atomic E-state index is 11.2. The van der Waals surface area contributed by atoms with Crippen LogP contribution in [0.25, 0.3) is 10.4 Å². The molecule has 3 nitrogen and oxygen atoms in total. The molecule has 1 heterocycles. The SMILES string of the molecule is CCc1nc(C(=O)O)c(-c2ccc(Cl)cc2Cl)s1. The van der Waals surface area contributed by atoms with Gasteiger partial charge in [-0.3, -0.25) is 0 Å². The lowest BCUT2D eigenvalue weighted by molar-refractivity contribution is 0.0692. The zero-order valence-corrected chi connectivity index (χ0v) is 11.7. The number of carbonyl (C=O) groups is 1. The Morgan fingerprint density at radius 2 is 2.17 bits per heavy atom. The van der Waals surface area contributed by atoms with Crippen LogP contribution in [0.3, 0.4) is 0 Å². The zero-order chi connectivity index (χ0) is 13.3. The highest BCUT2D eigenvalue weighted by molar-refractivity contribution is 7.15. The van der Waals surface area contributed by atoms with Gasteiger partial charge in [-0.1, -0.05) is 36.2 Å². The topological polar surface area (TPSA) is 50.2 Å². The van der Waals surface area contributed by atoms with E-state index in [4.69, 9.17) is 28.3 Å². The van der Waals surface area contributed by atoms with Gasteiger partial charge >= 0.3 is 5.97 Å². The Balaban J connectivity index is 2.62. The molecule has 2 aromatic rings. The number of rotatable bonds is 3. The van der Waals surface area contributed by atoms with Gasteiger partial charge in [-0.25, -0.2) is 9.78 Å². The highest BCUT2D eigenvalue weighted by Crippen LogP contribution is 2.36. The van der Waals surface area contributed by atoms with E-state index in [0.717, 1.165) is 5.01 Å². The van der Waals surface area contributed by atoms with E-state index in [2.05, 4.69) is 4.98 Å². The molecule has 0 spiro atoms. The van der Waals surface area contributed by atoms with Crippen molar-refractivity contribution in [3.05, 3.63) is 38.9 Å². The summed E-state index contributed by atoms with van der Waals surface area (Å²) in [4.78, 5) is 15.8. The van der Waals surface area contributed by atoms with E-state index in [9.17, 15) is 4.79 Å². The van der Waals surface area contributed by atoms with Gasteiger partial charge in [-0.2, -0.15) is 0 Å². The number of benzene rings is 1. The second-order valence-electron chi connectivity index (χ2n) is 3.57. The molecule has 0 amide bonds. The van der Waals surface area contributed by atoms with E-state index in [1.165, 1.54) is 11.3 Å². The first-order valence-corrected chi connectivity index (χ1v) is 6.78. The third-order valence-corrected chi connectivity index (χ3v) is 4.13. The van der Waals surface area contributed by atoms with Crippen LogP contribution < -0.4 is 0 Å². The molecule has 6 heteroatoms. The summed E-state index contributed by atoms with van der Waals surface area (Å²) in [6, 6.07) is 4.99. The van der Waals surface area contributed by atoms with Crippen molar-refractivity contribution < 1.29 is 9.90 Å². The van der Waals surface area contributed by atoms with Crippen LogP contribution in [0.5, 0.6) is 0 Å². The molecule has 0 saturated carbocycles. The molecule has 1 N–H and O–H groups in total. The van der Waals surface area contributed by atoms with Crippen LogP contribution in [-0.2, 0) is 6.42 Å². The molecule has 0 atom stereocenters. The normalized spacial score (nSPS) is 10.6. The number of aromatic carboxylic acids is 1. The molecule has 0 unspecified atom stereocenters. The molecule has 0 radical (unpaired) electrons. The lowest BCUT2D eigenvalue weighted by Gasteiger charge is -2.02. The molecule has 0 aliphatic rings. The molecular formula is C12H9Cl2NO2S. The smallest absolute Gasteiger partial charge is 0.356 e. The molecule has 0 saturated heterocycles. The summed E-state index contributed by atoms with van der Waals surface area (Å²) in [5.41, 5.74) is 0.691. The van der Waals surface area contributed by atoms with Gasteiger partial charge in [0.05, 0.1) is 14.9 Å². The Bertz CT molecular complexity index is 610. The number of carboxylic acid groups (broad SMARTS) is 1. The molecule has 0 fully saturated rings. The molecule has 0 aliphatic heterocycles. The third-order valence-electron chi connectivity index (χ3n) is 2.35. The predicted octanol–water partition coefficient (Wildman–Crippen LogP) is 4.38. The van der Waals surface area contributed by atoms with Crippen molar-refractivity contribution in [2.45, 2.75) is 13.3 Å². The second-order valence-corrected chi connectivity index (χ2v) is 5.50. The average molecular weight is 302 g/mol. The van der Waals surface area contributed by atoms with Crippen LogP contribution in [0.15, 0.2) is 18.2 Å². The van der Waals surface area contributed by atoms with E-state index in [-0.39, 0.29) is 5.69 Å². The zero-order valence-electron chi connectivity index (χ0n) is 9.41. The summed E-state index contributed by atoms with van der Waals surface area (Å²) in [5.74, 6) is -1.05. The van der Waals surface area contributed by atoms with E-state index in [0.29, 0.717) is 26.9 Å². The fourth-order valence-electron chi connectivity index (χ4n) is 1.52. The number of thiazole rings is 1. The fourth-order valence-corrected chi connectivity index (χ4v) is 3.11. The molecular weight excluding hydrogens is 293 g/mol. The summed E-state index contributed by atoms with van der Waals surface area (Å²) < 4.78 is 0. The lowest BCUT2D eigenvalue weighted by Crippen LogP contribution is -1.99. The van der Waals surface area contributed by atoms with E-state index < -0.39 is 5.97 Å². The first-order valence-electron chi connectivity index (χ1n) is 5.21. The minimum atomic E-state index is -1.05. The number of carboxylic acids is 1. The summed E-state index contributed by atoms with van der Waals surface area (Å²) in [6.07, 6.45) is 0.691. The number of aromatic nitrogens is 1. The Morgan fingerprint density at radius 1 is 1.44 bits per heavy atom. The summed E-state index contributed by atoms with van der Waals surface area (Å²) in [5, 5.41) is 10.9. The minimum Gasteiger partial charge on any atom is -0.476 e. The van der Waals surface area contributed by atoms with Crippen molar-refractivity contribution in [2.75, 3.05) is 0 Å². The molecule has 0 bridgehead atoms. The minimum absolute atomic E-state index is 0.0427. The van der Waals surface area contributed by atoms with Crippen molar-refractivity contribution in [2.24, 2.45) is 0 Å². The van der Waals surface area contributed by atoms with Crippen LogP contribution in [0, 0.1) is 0 Å². The van der Waals surface area contributed by atoms with Crippen molar-refractivity contribution in [1.29, 1.82) is 0 Å². The standard InChI is InChI=1S/C12H9Cl2NO2S/c1-2-9-15-10(12(16)17)11(18-9)7-4-3-6(13)5-8(7)14/h3-5H,2H2,1H3,(H,16,17). The van der Waals surface area contributed by atoms with Gasteiger partial charge < -0.3 is 5.11 Å².